The van der Waals surface area contributed by atoms with E-state index < -0.39 is 10.1 Å². The Labute approximate surface area is 136 Å². The molecule has 1 rings (SSSR count). The molecule has 0 radical (unpaired) electrons. The van der Waals surface area contributed by atoms with Gasteiger partial charge in [0, 0.05) is 0 Å². The molecular weight excluding hydrogens is 298 g/mol. The molecule has 1 aromatic carbocycles. The smallest absolute Gasteiger partial charge is 0.124 e. The van der Waals surface area contributed by atoms with Crippen LogP contribution in [0, 0.1) is 0 Å². The minimum Gasteiger partial charge on any atom is -0.744 e. The summed E-state index contributed by atoms with van der Waals surface area (Å²) >= 11 is 0. The molecular formula is C17H31NO3S. The summed E-state index contributed by atoms with van der Waals surface area (Å²) in [6, 6.07) is 7.19. The highest BCUT2D eigenvalue weighted by atomic mass is 32.2. The fourth-order valence-electron chi connectivity index (χ4n) is 1.95. The van der Waals surface area contributed by atoms with Crippen LogP contribution in [0.1, 0.15) is 45.4 Å². The minimum absolute atomic E-state index is 0.185. The molecule has 0 N–H and O–H groups in total. The number of hydrogen-bond donors (Lipinski definition) is 0. The van der Waals surface area contributed by atoms with Crippen molar-refractivity contribution in [3.05, 3.63) is 30.3 Å². The lowest BCUT2D eigenvalue weighted by atomic mass is 10.1. The number of nitrogens with zero attached hydrogens (tertiary/aromatic N) is 1. The van der Waals surface area contributed by atoms with Crippen LogP contribution >= 0.6 is 0 Å². The van der Waals surface area contributed by atoms with Crippen molar-refractivity contribution in [3.8, 4) is 0 Å². The Morgan fingerprint density at radius 1 is 0.909 bits per heavy atom. The van der Waals surface area contributed by atoms with Crippen LogP contribution in [0.25, 0.3) is 0 Å². The summed E-state index contributed by atoms with van der Waals surface area (Å²) in [5.74, 6) is 0. The highest BCUT2D eigenvalue weighted by molar-refractivity contribution is 7.85. The van der Waals surface area contributed by atoms with Crippen LogP contribution in [0.15, 0.2) is 35.2 Å². The second-order valence-corrected chi connectivity index (χ2v) is 7.93. The monoisotopic (exact) mass is 329 g/mol. The van der Waals surface area contributed by atoms with Gasteiger partial charge in [-0.2, -0.15) is 0 Å². The molecule has 0 saturated heterocycles. The third-order valence-corrected chi connectivity index (χ3v) is 4.06. The molecule has 0 atom stereocenters. The van der Waals surface area contributed by atoms with E-state index in [0.717, 1.165) is 4.48 Å². The molecule has 0 aliphatic heterocycles. The summed E-state index contributed by atoms with van der Waals surface area (Å²) in [4.78, 5) is -0.185. The number of quaternary nitrogens is 1. The molecule has 0 saturated carbocycles. The Hall–Kier alpha value is -0.910. The lowest BCUT2D eigenvalue weighted by Gasteiger charge is -2.23. The molecule has 0 heterocycles. The Bertz CT molecular complexity index is 478. The standard InChI is InChI=1S/C11H26N.C6H6O3S/c1-5-6-7-8-9-10-11-12(2,3)4;7-10(8,9)6-4-2-1-3-5-6/h5-11H2,1-4H3;1-5H,(H,7,8,9)/q+1;/p-1. The van der Waals surface area contributed by atoms with Gasteiger partial charge < -0.3 is 9.04 Å². The third kappa shape index (κ3) is 12.8. The number of hydrogen-bond acceptors (Lipinski definition) is 3. The van der Waals surface area contributed by atoms with Gasteiger partial charge in [-0.05, 0) is 25.0 Å². The molecule has 0 fully saturated rings. The molecule has 1 aromatic rings. The predicted octanol–water partition coefficient (Wildman–Crippen LogP) is 3.64. The van der Waals surface area contributed by atoms with E-state index in [1.807, 2.05) is 0 Å². The van der Waals surface area contributed by atoms with Gasteiger partial charge in [0.2, 0.25) is 0 Å². The van der Waals surface area contributed by atoms with E-state index in [2.05, 4.69) is 28.1 Å². The van der Waals surface area contributed by atoms with Crippen molar-refractivity contribution in [1.82, 2.24) is 0 Å². The average Bonchev–Trinajstić information content (AvgIpc) is 2.42. The van der Waals surface area contributed by atoms with Crippen molar-refractivity contribution in [2.45, 2.75) is 50.3 Å². The van der Waals surface area contributed by atoms with Crippen molar-refractivity contribution >= 4 is 10.1 Å². The van der Waals surface area contributed by atoms with Gasteiger partial charge in [0.15, 0.2) is 0 Å². The van der Waals surface area contributed by atoms with Gasteiger partial charge in [0.05, 0.1) is 32.6 Å². The van der Waals surface area contributed by atoms with Crippen molar-refractivity contribution in [2.24, 2.45) is 0 Å². The zero-order valence-corrected chi connectivity index (χ0v) is 15.2. The summed E-state index contributed by atoms with van der Waals surface area (Å²) in [7, 11) is 2.56. The molecule has 0 unspecified atom stereocenters. The molecule has 4 nitrogen and oxygen atoms in total. The van der Waals surface area contributed by atoms with E-state index >= 15 is 0 Å². The summed E-state index contributed by atoms with van der Waals surface area (Å²) < 4.78 is 32.0. The van der Waals surface area contributed by atoms with E-state index in [-0.39, 0.29) is 4.90 Å². The Balaban J connectivity index is 0.000000406. The summed E-state index contributed by atoms with van der Waals surface area (Å²) in [5.41, 5.74) is 0. The molecule has 0 aliphatic carbocycles. The van der Waals surface area contributed by atoms with E-state index in [9.17, 15) is 13.0 Å². The van der Waals surface area contributed by atoms with Crippen molar-refractivity contribution in [2.75, 3.05) is 27.7 Å². The number of benzene rings is 1. The predicted molar refractivity (Wildman–Crippen MR) is 90.7 cm³/mol. The molecule has 22 heavy (non-hydrogen) atoms. The highest BCUT2D eigenvalue weighted by Gasteiger charge is 2.04. The lowest BCUT2D eigenvalue weighted by molar-refractivity contribution is -0.870. The SMILES string of the molecule is CCCCCCCC[N+](C)(C)C.O=S(=O)([O-])c1ccccc1. The van der Waals surface area contributed by atoms with E-state index in [0.29, 0.717) is 0 Å². The number of rotatable bonds is 8. The molecule has 128 valence electrons. The first-order valence-corrected chi connectivity index (χ1v) is 9.39. The van der Waals surface area contributed by atoms with Gasteiger partial charge in [-0.1, -0.05) is 50.8 Å². The van der Waals surface area contributed by atoms with Gasteiger partial charge in [0.25, 0.3) is 0 Å². The van der Waals surface area contributed by atoms with Gasteiger partial charge in [-0.3, -0.25) is 0 Å². The Kier molecular flexibility index (Phi) is 10.3. The molecule has 0 amide bonds. The van der Waals surface area contributed by atoms with E-state index in [1.54, 1.807) is 6.07 Å². The Morgan fingerprint density at radius 2 is 1.41 bits per heavy atom. The first-order chi connectivity index (χ1) is 10.2. The van der Waals surface area contributed by atoms with Crippen LogP contribution in [-0.2, 0) is 10.1 Å². The molecule has 0 aromatic heterocycles. The van der Waals surface area contributed by atoms with Crippen molar-refractivity contribution < 1.29 is 17.5 Å². The van der Waals surface area contributed by atoms with Crippen LogP contribution in [-0.4, -0.2) is 45.1 Å². The van der Waals surface area contributed by atoms with E-state index in [1.165, 1.54) is 69.3 Å². The maximum atomic E-state index is 10.3. The normalized spacial score (nSPS) is 11.7. The summed E-state index contributed by atoms with van der Waals surface area (Å²) in [5, 5.41) is 0. The second-order valence-electron chi connectivity index (χ2n) is 6.55. The molecule has 5 heteroatoms. The van der Waals surface area contributed by atoms with Gasteiger partial charge >= 0.3 is 0 Å². The van der Waals surface area contributed by atoms with Crippen LogP contribution in [0.5, 0.6) is 0 Å². The largest absolute Gasteiger partial charge is 0.744 e. The zero-order chi connectivity index (χ0) is 17.1. The fraction of sp³-hybridized carbons (Fsp3) is 0.647. The van der Waals surface area contributed by atoms with Gasteiger partial charge in [-0.25, -0.2) is 8.42 Å². The maximum absolute atomic E-state index is 10.3. The van der Waals surface area contributed by atoms with Crippen LogP contribution in [0.2, 0.25) is 0 Å². The average molecular weight is 330 g/mol. The summed E-state index contributed by atoms with van der Waals surface area (Å²) in [6.07, 6.45) is 8.48. The third-order valence-electron chi connectivity index (χ3n) is 3.21. The van der Waals surface area contributed by atoms with Crippen LogP contribution < -0.4 is 0 Å². The molecule has 0 aliphatic rings. The topological polar surface area (TPSA) is 57.2 Å². The van der Waals surface area contributed by atoms with Gasteiger partial charge in [0.1, 0.15) is 10.1 Å². The second kappa shape index (κ2) is 10.8. The zero-order valence-electron chi connectivity index (χ0n) is 14.4. The van der Waals surface area contributed by atoms with Crippen molar-refractivity contribution in [1.29, 1.82) is 0 Å². The molecule has 0 bridgehead atoms. The fourth-order valence-corrected chi connectivity index (χ4v) is 2.44. The summed E-state index contributed by atoms with van der Waals surface area (Å²) in [6.45, 7) is 3.60. The first-order valence-electron chi connectivity index (χ1n) is 7.98. The highest BCUT2D eigenvalue weighted by Crippen LogP contribution is 2.06. The quantitative estimate of drug-likeness (QED) is 0.415. The van der Waals surface area contributed by atoms with E-state index in [4.69, 9.17) is 0 Å². The maximum Gasteiger partial charge on any atom is 0.124 e. The Morgan fingerprint density at radius 3 is 1.82 bits per heavy atom. The van der Waals surface area contributed by atoms with Gasteiger partial charge in [-0.15, -0.1) is 0 Å². The number of unbranched alkanes of at least 4 members (excludes halogenated alkanes) is 5. The van der Waals surface area contributed by atoms with Crippen LogP contribution in [0.3, 0.4) is 0 Å². The minimum atomic E-state index is -4.25. The van der Waals surface area contributed by atoms with Crippen LogP contribution in [0.4, 0.5) is 0 Å². The van der Waals surface area contributed by atoms with Crippen molar-refractivity contribution in [3.63, 3.8) is 0 Å². The lowest BCUT2D eigenvalue weighted by Crippen LogP contribution is -2.35. The first kappa shape index (κ1) is 21.1. The molecule has 0 spiro atoms.